The first-order valence-corrected chi connectivity index (χ1v) is 10.2. The number of nitrogens with two attached hydrogens (primary N) is 1. The van der Waals surface area contributed by atoms with Gasteiger partial charge in [-0.1, -0.05) is 5.92 Å². The number of benzene rings is 1. The van der Waals surface area contributed by atoms with E-state index in [0.29, 0.717) is 52.7 Å². The number of fused-ring (bicyclic) bond motifs is 1. The van der Waals surface area contributed by atoms with Crippen LogP contribution in [0.25, 0.3) is 11.0 Å². The Morgan fingerprint density at radius 2 is 1.97 bits per heavy atom. The topological polar surface area (TPSA) is 129 Å². The lowest BCUT2D eigenvalue weighted by molar-refractivity contribution is -0.130. The summed E-state index contributed by atoms with van der Waals surface area (Å²) in [5.41, 5.74) is 7.87. The molecule has 0 radical (unpaired) electrons. The van der Waals surface area contributed by atoms with E-state index in [1.165, 1.54) is 6.33 Å². The van der Waals surface area contributed by atoms with Crippen LogP contribution in [-0.4, -0.2) is 69.6 Å². The Labute approximate surface area is 185 Å². The maximum atomic E-state index is 12.2. The Bertz CT molecular complexity index is 1190. The first-order valence-electron chi connectivity index (χ1n) is 10.2. The Hall–Kier alpha value is -3.84. The van der Waals surface area contributed by atoms with Gasteiger partial charge >= 0.3 is 0 Å². The molecule has 0 spiro atoms. The third kappa shape index (κ3) is 4.15. The van der Waals surface area contributed by atoms with Crippen LogP contribution in [-0.2, 0) is 4.79 Å². The Balaban J connectivity index is 1.71. The van der Waals surface area contributed by atoms with Crippen molar-refractivity contribution in [3.05, 3.63) is 35.8 Å². The molecule has 10 nitrogen and oxygen atoms in total. The minimum Gasteiger partial charge on any atom is -0.497 e. The van der Waals surface area contributed by atoms with Crippen molar-refractivity contribution in [2.75, 3.05) is 39.6 Å². The predicted octanol–water partition coefficient (Wildman–Crippen LogP) is 0.981. The van der Waals surface area contributed by atoms with E-state index in [0.717, 1.165) is 6.42 Å². The highest BCUT2D eigenvalue weighted by atomic mass is 16.5. The number of ether oxygens (including phenoxy) is 2. The van der Waals surface area contributed by atoms with E-state index in [2.05, 4.69) is 26.9 Å². The Morgan fingerprint density at radius 1 is 1.22 bits per heavy atom. The summed E-state index contributed by atoms with van der Waals surface area (Å²) in [6.07, 6.45) is 2.23. The van der Waals surface area contributed by atoms with Gasteiger partial charge in [-0.05, 0) is 24.5 Å². The van der Waals surface area contributed by atoms with Crippen LogP contribution < -0.4 is 15.2 Å². The number of nitrogen functional groups attached to an aromatic ring is 1. The second-order valence-electron chi connectivity index (χ2n) is 7.36. The zero-order valence-electron chi connectivity index (χ0n) is 17.9. The van der Waals surface area contributed by atoms with Gasteiger partial charge in [-0.15, -0.1) is 0 Å². The summed E-state index contributed by atoms with van der Waals surface area (Å²) in [4.78, 5) is 22.4. The Morgan fingerprint density at radius 3 is 2.66 bits per heavy atom. The molecule has 1 atom stereocenters. The molecule has 0 bridgehead atoms. The number of aromatic nitrogens is 4. The standard InChI is InChI=1S/C22H24N6O4/c1-31-16-9-14(10-17(11-16)32-2)3-4-18-20-21(23)24-13-25-22(20)28(26-18)15-5-7-27(12-15)19(30)6-8-29/h9-11,13,15,29H,5-8,12H2,1-2H3,(H2,23,24,25). The van der Waals surface area contributed by atoms with E-state index in [-0.39, 0.29) is 25.0 Å². The number of hydrogen-bond acceptors (Lipinski definition) is 8. The van der Waals surface area contributed by atoms with E-state index >= 15 is 0 Å². The van der Waals surface area contributed by atoms with Crippen LogP contribution in [0, 0.1) is 11.8 Å². The summed E-state index contributed by atoms with van der Waals surface area (Å²) in [6.45, 7) is 0.915. The van der Waals surface area contributed by atoms with Gasteiger partial charge in [-0.25, -0.2) is 14.6 Å². The van der Waals surface area contributed by atoms with Crippen molar-refractivity contribution in [3.8, 4) is 23.3 Å². The van der Waals surface area contributed by atoms with Gasteiger partial charge in [0.1, 0.15) is 29.3 Å². The average Bonchev–Trinajstić information content (AvgIpc) is 3.43. The number of hydrogen-bond donors (Lipinski definition) is 2. The molecule has 1 saturated heterocycles. The van der Waals surface area contributed by atoms with E-state index in [1.807, 2.05) is 0 Å². The maximum absolute atomic E-state index is 12.2. The number of likely N-dealkylation sites (tertiary alicyclic amines) is 1. The quantitative estimate of drug-likeness (QED) is 0.567. The largest absolute Gasteiger partial charge is 0.497 e. The van der Waals surface area contributed by atoms with Crippen molar-refractivity contribution in [2.24, 2.45) is 0 Å². The molecule has 0 saturated carbocycles. The Kier molecular flexibility index (Phi) is 6.09. The zero-order valence-corrected chi connectivity index (χ0v) is 17.9. The molecule has 1 aliphatic rings. The summed E-state index contributed by atoms with van der Waals surface area (Å²) in [5.74, 6) is 7.64. The molecule has 32 heavy (non-hydrogen) atoms. The number of aliphatic hydroxyl groups is 1. The highest BCUT2D eigenvalue weighted by molar-refractivity contribution is 5.90. The van der Waals surface area contributed by atoms with E-state index < -0.39 is 0 Å². The molecule has 166 valence electrons. The number of amides is 1. The van der Waals surface area contributed by atoms with Gasteiger partial charge in [0.25, 0.3) is 0 Å². The van der Waals surface area contributed by atoms with Crippen molar-refractivity contribution in [2.45, 2.75) is 18.9 Å². The molecule has 10 heteroatoms. The van der Waals surface area contributed by atoms with Crippen LogP contribution in [0.4, 0.5) is 5.82 Å². The van der Waals surface area contributed by atoms with Gasteiger partial charge in [-0.3, -0.25) is 4.79 Å². The van der Waals surface area contributed by atoms with Crippen molar-refractivity contribution in [3.63, 3.8) is 0 Å². The lowest BCUT2D eigenvalue weighted by atomic mass is 10.2. The molecule has 1 aromatic carbocycles. The number of rotatable bonds is 5. The summed E-state index contributed by atoms with van der Waals surface area (Å²) < 4.78 is 12.4. The van der Waals surface area contributed by atoms with Gasteiger partial charge in [0, 0.05) is 31.1 Å². The lowest BCUT2D eigenvalue weighted by Crippen LogP contribution is -2.29. The van der Waals surface area contributed by atoms with Crippen LogP contribution in [0.2, 0.25) is 0 Å². The summed E-state index contributed by atoms with van der Waals surface area (Å²) in [7, 11) is 3.16. The lowest BCUT2D eigenvalue weighted by Gasteiger charge is -2.16. The number of aliphatic hydroxyl groups excluding tert-OH is 1. The summed E-state index contributed by atoms with van der Waals surface area (Å²) >= 11 is 0. The van der Waals surface area contributed by atoms with E-state index in [4.69, 9.17) is 20.3 Å². The normalized spacial score (nSPS) is 15.5. The van der Waals surface area contributed by atoms with Crippen molar-refractivity contribution >= 4 is 22.8 Å². The minimum absolute atomic E-state index is 0.0677. The van der Waals surface area contributed by atoms with Crippen LogP contribution >= 0.6 is 0 Å². The fourth-order valence-electron chi connectivity index (χ4n) is 3.77. The maximum Gasteiger partial charge on any atom is 0.224 e. The first-order chi connectivity index (χ1) is 15.5. The second kappa shape index (κ2) is 9.11. The van der Waals surface area contributed by atoms with E-state index in [9.17, 15) is 4.79 Å². The molecule has 0 aliphatic carbocycles. The smallest absolute Gasteiger partial charge is 0.224 e. The fraction of sp³-hybridized carbons (Fsp3) is 0.364. The van der Waals surface area contributed by atoms with Crippen LogP contribution in [0.5, 0.6) is 11.5 Å². The van der Waals surface area contributed by atoms with Crippen molar-refractivity contribution < 1.29 is 19.4 Å². The molecule has 3 heterocycles. The molecule has 1 aliphatic heterocycles. The van der Waals surface area contributed by atoms with Gasteiger partial charge in [0.2, 0.25) is 5.91 Å². The van der Waals surface area contributed by atoms with Crippen LogP contribution in [0.1, 0.15) is 30.1 Å². The number of methoxy groups -OCH3 is 2. The molecule has 1 unspecified atom stereocenters. The fourth-order valence-corrected chi connectivity index (χ4v) is 3.77. The average molecular weight is 436 g/mol. The van der Waals surface area contributed by atoms with Gasteiger partial charge in [0.05, 0.1) is 32.3 Å². The molecule has 4 rings (SSSR count). The molecule has 1 fully saturated rings. The molecular formula is C22H24N6O4. The second-order valence-corrected chi connectivity index (χ2v) is 7.36. The monoisotopic (exact) mass is 436 g/mol. The van der Waals surface area contributed by atoms with Gasteiger partial charge < -0.3 is 25.2 Å². The summed E-state index contributed by atoms with van der Waals surface area (Å²) in [5, 5.41) is 14.3. The van der Waals surface area contributed by atoms with Crippen LogP contribution in [0.3, 0.4) is 0 Å². The number of anilines is 1. The summed E-state index contributed by atoms with van der Waals surface area (Å²) in [6, 6.07) is 5.30. The molecule has 2 aromatic heterocycles. The molecule has 3 N–H and O–H groups in total. The molecular weight excluding hydrogens is 412 g/mol. The third-order valence-corrected chi connectivity index (χ3v) is 5.38. The molecule has 3 aromatic rings. The number of carbonyl (C=O) groups is 1. The van der Waals surface area contributed by atoms with Crippen LogP contribution in [0.15, 0.2) is 24.5 Å². The SMILES string of the molecule is COc1cc(C#Cc2nn(C3CCN(C(=O)CCO)C3)c3ncnc(N)c23)cc(OC)c1. The van der Waals surface area contributed by atoms with Gasteiger partial charge in [0.15, 0.2) is 5.65 Å². The zero-order chi connectivity index (χ0) is 22.7. The predicted molar refractivity (Wildman–Crippen MR) is 117 cm³/mol. The van der Waals surface area contributed by atoms with Gasteiger partial charge in [-0.2, -0.15) is 5.10 Å². The van der Waals surface area contributed by atoms with Crippen molar-refractivity contribution in [1.29, 1.82) is 0 Å². The number of carbonyl (C=O) groups excluding carboxylic acids is 1. The van der Waals surface area contributed by atoms with E-state index in [1.54, 1.807) is 42.0 Å². The number of nitrogens with zero attached hydrogens (tertiary/aromatic N) is 5. The first kappa shape index (κ1) is 21.4. The third-order valence-electron chi connectivity index (χ3n) is 5.38. The highest BCUT2D eigenvalue weighted by Crippen LogP contribution is 2.29. The van der Waals surface area contributed by atoms with Crippen molar-refractivity contribution in [1.82, 2.24) is 24.6 Å². The molecule has 1 amide bonds. The minimum atomic E-state index is -0.163. The highest BCUT2D eigenvalue weighted by Gasteiger charge is 2.30.